The van der Waals surface area contributed by atoms with Crippen LogP contribution in [0.2, 0.25) is 5.02 Å². The molecule has 3 rings (SSSR count). The summed E-state index contributed by atoms with van der Waals surface area (Å²) in [5.41, 5.74) is 0.312. The third-order valence-electron chi connectivity index (χ3n) is 4.14. The monoisotopic (exact) mass is 374 g/mol. The summed E-state index contributed by atoms with van der Waals surface area (Å²) >= 11 is 5.84. The lowest BCUT2D eigenvalue weighted by atomic mass is 10.2. The van der Waals surface area contributed by atoms with Gasteiger partial charge in [0.25, 0.3) is 11.8 Å². The number of halogens is 1. The number of amides is 2. The van der Waals surface area contributed by atoms with Crippen molar-refractivity contribution in [2.75, 3.05) is 26.2 Å². The van der Waals surface area contributed by atoms with Gasteiger partial charge in [-0.05, 0) is 31.2 Å². The lowest BCUT2D eigenvalue weighted by molar-refractivity contribution is -0.139. The van der Waals surface area contributed by atoms with Gasteiger partial charge in [0.2, 0.25) is 0 Å². The summed E-state index contributed by atoms with van der Waals surface area (Å²) < 4.78 is 5.68. The summed E-state index contributed by atoms with van der Waals surface area (Å²) in [5.74, 6) is 0.314. The largest absolute Gasteiger partial charge is 0.481 e. The Kier molecular flexibility index (Phi) is 5.68. The highest BCUT2D eigenvalue weighted by Crippen LogP contribution is 2.18. The second kappa shape index (κ2) is 8.14. The summed E-state index contributed by atoms with van der Waals surface area (Å²) in [7, 11) is 0. The van der Waals surface area contributed by atoms with Crippen LogP contribution >= 0.6 is 11.6 Å². The number of carbonyl (C=O) groups excluding carboxylic acids is 2. The molecule has 1 aliphatic rings. The SMILES string of the molecule is CC(Oc1ccc(Cl)cc1)C(=O)N1CCN(C(=O)c2cnccn2)CC1. The number of piperazine rings is 1. The van der Waals surface area contributed by atoms with Gasteiger partial charge in [0.15, 0.2) is 6.10 Å². The molecule has 1 aromatic carbocycles. The van der Waals surface area contributed by atoms with Gasteiger partial charge in [-0.25, -0.2) is 4.98 Å². The van der Waals surface area contributed by atoms with Gasteiger partial charge in [0.1, 0.15) is 11.4 Å². The molecule has 1 aliphatic heterocycles. The van der Waals surface area contributed by atoms with Crippen LogP contribution in [-0.4, -0.2) is 63.9 Å². The second-order valence-electron chi connectivity index (χ2n) is 5.92. The van der Waals surface area contributed by atoms with Gasteiger partial charge < -0.3 is 14.5 Å². The number of hydrogen-bond donors (Lipinski definition) is 0. The van der Waals surface area contributed by atoms with Crippen LogP contribution < -0.4 is 4.74 Å². The lowest BCUT2D eigenvalue weighted by Crippen LogP contribution is -2.53. The molecule has 7 nitrogen and oxygen atoms in total. The van der Waals surface area contributed by atoms with Gasteiger partial charge in [-0.3, -0.25) is 14.6 Å². The van der Waals surface area contributed by atoms with Crippen molar-refractivity contribution < 1.29 is 14.3 Å². The first kappa shape index (κ1) is 18.1. The first-order valence-electron chi connectivity index (χ1n) is 8.31. The van der Waals surface area contributed by atoms with E-state index in [4.69, 9.17) is 16.3 Å². The van der Waals surface area contributed by atoms with Crippen LogP contribution in [-0.2, 0) is 4.79 Å². The minimum Gasteiger partial charge on any atom is -0.481 e. The van der Waals surface area contributed by atoms with E-state index < -0.39 is 6.10 Å². The summed E-state index contributed by atoms with van der Waals surface area (Å²) in [6.07, 6.45) is 3.85. The van der Waals surface area contributed by atoms with Crippen LogP contribution in [0.3, 0.4) is 0 Å². The maximum absolute atomic E-state index is 12.6. The Balaban J connectivity index is 1.53. The van der Waals surface area contributed by atoms with E-state index in [-0.39, 0.29) is 11.8 Å². The van der Waals surface area contributed by atoms with Gasteiger partial charge in [-0.2, -0.15) is 0 Å². The molecular formula is C18H19ClN4O3. The molecule has 1 aromatic heterocycles. The van der Waals surface area contributed by atoms with E-state index in [1.54, 1.807) is 41.0 Å². The lowest BCUT2D eigenvalue weighted by Gasteiger charge is -2.35. The Labute approximate surface area is 156 Å². The van der Waals surface area contributed by atoms with Gasteiger partial charge in [-0.15, -0.1) is 0 Å². The van der Waals surface area contributed by atoms with E-state index in [2.05, 4.69) is 9.97 Å². The van der Waals surface area contributed by atoms with E-state index in [9.17, 15) is 9.59 Å². The van der Waals surface area contributed by atoms with Crippen LogP contribution in [0.1, 0.15) is 17.4 Å². The molecule has 0 bridgehead atoms. The van der Waals surface area contributed by atoms with Crippen molar-refractivity contribution in [3.05, 3.63) is 53.6 Å². The number of nitrogens with zero attached hydrogens (tertiary/aromatic N) is 4. The van der Waals surface area contributed by atoms with E-state index >= 15 is 0 Å². The molecule has 136 valence electrons. The average Bonchev–Trinajstić information content (AvgIpc) is 2.69. The predicted octanol–water partition coefficient (Wildman–Crippen LogP) is 1.88. The average molecular weight is 375 g/mol. The molecule has 2 heterocycles. The Morgan fingerprint density at radius 1 is 1.08 bits per heavy atom. The third kappa shape index (κ3) is 4.29. The zero-order chi connectivity index (χ0) is 18.5. The Hall–Kier alpha value is -2.67. The smallest absolute Gasteiger partial charge is 0.274 e. The quantitative estimate of drug-likeness (QED) is 0.816. The van der Waals surface area contributed by atoms with E-state index in [1.165, 1.54) is 18.6 Å². The molecule has 0 aliphatic carbocycles. The Bertz CT molecular complexity index is 762. The van der Waals surface area contributed by atoms with E-state index in [0.29, 0.717) is 42.6 Å². The molecule has 0 saturated carbocycles. The standard InChI is InChI=1S/C18H19ClN4O3/c1-13(26-15-4-2-14(19)3-5-15)17(24)22-8-10-23(11-9-22)18(25)16-12-20-6-7-21-16/h2-7,12-13H,8-11H2,1H3. The number of ether oxygens (including phenoxy) is 1. The molecule has 0 spiro atoms. The highest BCUT2D eigenvalue weighted by molar-refractivity contribution is 6.30. The minimum absolute atomic E-state index is 0.105. The highest BCUT2D eigenvalue weighted by atomic mass is 35.5. The summed E-state index contributed by atoms with van der Waals surface area (Å²) in [5, 5.41) is 0.611. The van der Waals surface area contributed by atoms with Crippen LogP contribution in [0.25, 0.3) is 0 Å². The molecule has 8 heteroatoms. The predicted molar refractivity (Wildman–Crippen MR) is 96.1 cm³/mol. The molecule has 2 aromatic rings. The minimum atomic E-state index is -0.613. The van der Waals surface area contributed by atoms with E-state index in [1.807, 2.05) is 0 Å². The Morgan fingerprint density at radius 2 is 1.73 bits per heavy atom. The zero-order valence-electron chi connectivity index (χ0n) is 14.3. The third-order valence-corrected chi connectivity index (χ3v) is 4.39. The molecule has 26 heavy (non-hydrogen) atoms. The van der Waals surface area contributed by atoms with Gasteiger partial charge >= 0.3 is 0 Å². The maximum atomic E-state index is 12.6. The van der Waals surface area contributed by atoms with Crippen LogP contribution in [0, 0.1) is 0 Å². The number of aromatic nitrogens is 2. The van der Waals surface area contributed by atoms with Crippen molar-refractivity contribution in [2.24, 2.45) is 0 Å². The van der Waals surface area contributed by atoms with Crippen LogP contribution in [0.5, 0.6) is 5.75 Å². The molecule has 1 saturated heterocycles. The van der Waals surface area contributed by atoms with E-state index in [0.717, 1.165) is 0 Å². The molecule has 2 amide bonds. The van der Waals surface area contributed by atoms with Gasteiger partial charge in [0, 0.05) is 43.6 Å². The molecule has 0 radical (unpaired) electrons. The number of benzene rings is 1. The fourth-order valence-electron chi connectivity index (χ4n) is 2.73. The summed E-state index contributed by atoms with van der Waals surface area (Å²) in [6.45, 7) is 3.54. The molecule has 1 atom stereocenters. The summed E-state index contributed by atoms with van der Waals surface area (Å²) in [6, 6.07) is 6.88. The van der Waals surface area contributed by atoms with Crippen molar-refractivity contribution >= 4 is 23.4 Å². The first-order chi connectivity index (χ1) is 12.5. The van der Waals surface area contributed by atoms with Crippen LogP contribution in [0.4, 0.5) is 0 Å². The Morgan fingerprint density at radius 3 is 2.35 bits per heavy atom. The highest BCUT2D eigenvalue weighted by Gasteiger charge is 2.28. The van der Waals surface area contributed by atoms with Crippen LogP contribution in [0.15, 0.2) is 42.9 Å². The second-order valence-corrected chi connectivity index (χ2v) is 6.36. The van der Waals surface area contributed by atoms with Crippen molar-refractivity contribution in [2.45, 2.75) is 13.0 Å². The first-order valence-corrected chi connectivity index (χ1v) is 8.68. The summed E-state index contributed by atoms with van der Waals surface area (Å²) in [4.78, 5) is 36.3. The molecule has 1 unspecified atom stereocenters. The fraction of sp³-hybridized carbons (Fsp3) is 0.333. The van der Waals surface area contributed by atoms with Crippen molar-refractivity contribution in [1.29, 1.82) is 0 Å². The van der Waals surface area contributed by atoms with Crippen molar-refractivity contribution in [3.8, 4) is 5.75 Å². The van der Waals surface area contributed by atoms with Crippen molar-refractivity contribution in [1.82, 2.24) is 19.8 Å². The van der Waals surface area contributed by atoms with Gasteiger partial charge in [-0.1, -0.05) is 11.6 Å². The number of carbonyl (C=O) groups is 2. The number of rotatable bonds is 4. The maximum Gasteiger partial charge on any atom is 0.274 e. The molecule has 1 fully saturated rings. The topological polar surface area (TPSA) is 75.6 Å². The fourth-order valence-corrected chi connectivity index (χ4v) is 2.85. The van der Waals surface area contributed by atoms with Gasteiger partial charge in [0.05, 0.1) is 6.20 Å². The van der Waals surface area contributed by atoms with Crippen molar-refractivity contribution in [3.63, 3.8) is 0 Å². The molecule has 0 N–H and O–H groups in total. The molecular weight excluding hydrogens is 356 g/mol. The normalized spacial score (nSPS) is 15.5. The number of hydrogen-bond acceptors (Lipinski definition) is 5. The zero-order valence-corrected chi connectivity index (χ0v) is 15.1.